The average Bonchev–Trinajstić information content (AvgIpc) is 2.33. The van der Waals surface area contributed by atoms with Gasteiger partial charge in [0.25, 0.3) is 5.91 Å². The molecule has 0 spiro atoms. The molecule has 100 valence electrons. The smallest absolute Gasteiger partial charge is 0.336 e. The highest BCUT2D eigenvalue weighted by atomic mass is 16.4. The van der Waals surface area contributed by atoms with Gasteiger partial charge in [0.2, 0.25) is 5.91 Å². The maximum absolute atomic E-state index is 11.8. The summed E-state index contributed by atoms with van der Waals surface area (Å²) in [5, 5.41) is 2.24. The number of unbranched alkanes of at least 4 members (excludes halogenated alkanes) is 2. The van der Waals surface area contributed by atoms with E-state index in [2.05, 4.69) is 11.9 Å². The summed E-state index contributed by atoms with van der Waals surface area (Å²) in [7, 11) is 0. The molecule has 0 radical (unpaired) electrons. The second-order valence-electron chi connectivity index (χ2n) is 4.48. The number of fused-ring (bicyclic) bond motifs is 1. The van der Waals surface area contributed by atoms with Gasteiger partial charge in [-0.15, -0.1) is 6.58 Å². The van der Waals surface area contributed by atoms with Gasteiger partial charge in [-0.25, -0.2) is 4.79 Å². The SMILES string of the molecule is C=CCCCCc1cc(=O)oc2c1C(=O)NC(=O)C2. The Hall–Kier alpha value is -2.17. The molecule has 2 heterocycles. The number of hydrogen-bond acceptors (Lipinski definition) is 4. The Bertz CT molecular complexity index is 586. The molecular weight excluding hydrogens is 246 g/mol. The van der Waals surface area contributed by atoms with Crippen LogP contribution in [0.5, 0.6) is 0 Å². The maximum Gasteiger partial charge on any atom is 0.336 e. The molecule has 0 fully saturated rings. The second-order valence-corrected chi connectivity index (χ2v) is 4.48. The predicted octanol–water partition coefficient (Wildman–Crippen LogP) is 1.35. The van der Waals surface area contributed by atoms with E-state index in [0.717, 1.165) is 19.3 Å². The number of nitrogens with one attached hydrogen (secondary N) is 1. The molecule has 1 N–H and O–H groups in total. The first kappa shape index (κ1) is 13.3. The first-order valence-electron chi connectivity index (χ1n) is 6.23. The van der Waals surface area contributed by atoms with E-state index in [4.69, 9.17) is 4.42 Å². The highest BCUT2D eigenvalue weighted by Crippen LogP contribution is 2.19. The number of hydrogen-bond donors (Lipinski definition) is 1. The van der Waals surface area contributed by atoms with Crippen molar-refractivity contribution in [3.63, 3.8) is 0 Å². The number of imide groups is 1. The Kier molecular flexibility index (Phi) is 3.94. The van der Waals surface area contributed by atoms with Crippen LogP contribution in [0.25, 0.3) is 0 Å². The van der Waals surface area contributed by atoms with Crippen LogP contribution < -0.4 is 10.9 Å². The van der Waals surface area contributed by atoms with Crippen LogP contribution >= 0.6 is 0 Å². The second kappa shape index (κ2) is 5.65. The van der Waals surface area contributed by atoms with Crippen LogP contribution in [0, 0.1) is 0 Å². The molecule has 19 heavy (non-hydrogen) atoms. The van der Waals surface area contributed by atoms with Gasteiger partial charge in [-0.3, -0.25) is 14.9 Å². The topological polar surface area (TPSA) is 76.4 Å². The Morgan fingerprint density at radius 3 is 2.84 bits per heavy atom. The van der Waals surface area contributed by atoms with Crippen molar-refractivity contribution in [3.8, 4) is 0 Å². The first-order valence-corrected chi connectivity index (χ1v) is 6.23. The third kappa shape index (κ3) is 2.99. The van der Waals surface area contributed by atoms with Gasteiger partial charge in [0.1, 0.15) is 5.76 Å². The van der Waals surface area contributed by atoms with Gasteiger partial charge in [0.15, 0.2) is 0 Å². The van der Waals surface area contributed by atoms with Crippen LogP contribution in [0.1, 0.15) is 40.9 Å². The fraction of sp³-hybridized carbons (Fsp3) is 0.357. The molecule has 0 unspecified atom stereocenters. The third-order valence-electron chi connectivity index (χ3n) is 3.02. The average molecular weight is 261 g/mol. The monoisotopic (exact) mass is 261 g/mol. The van der Waals surface area contributed by atoms with E-state index in [-0.39, 0.29) is 12.2 Å². The summed E-state index contributed by atoms with van der Waals surface area (Å²) in [5.41, 5.74) is 0.484. The minimum atomic E-state index is -0.514. The van der Waals surface area contributed by atoms with E-state index < -0.39 is 17.4 Å². The molecule has 2 rings (SSSR count). The summed E-state index contributed by atoms with van der Waals surface area (Å²) in [6.07, 6.45) is 5.08. The van der Waals surface area contributed by atoms with Crippen molar-refractivity contribution >= 4 is 11.8 Å². The van der Waals surface area contributed by atoms with Crippen molar-refractivity contribution < 1.29 is 14.0 Å². The van der Waals surface area contributed by atoms with Crippen LogP contribution in [-0.4, -0.2) is 11.8 Å². The lowest BCUT2D eigenvalue weighted by Gasteiger charge is -2.16. The Labute approximate surface area is 110 Å². The molecule has 1 aromatic heterocycles. The van der Waals surface area contributed by atoms with Gasteiger partial charge < -0.3 is 4.42 Å². The number of aryl methyl sites for hydroxylation is 1. The molecule has 0 saturated heterocycles. The summed E-state index contributed by atoms with van der Waals surface area (Å²) in [6, 6.07) is 1.34. The lowest BCUT2D eigenvalue weighted by Crippen LogP contribution is -2.38. The van der Waals surface area contributed by atoms with Crippen LogP contribution in [0.15, 0.2) is 27.9 Å². The molecule has 2 amide bonds. The van der Waals surface area contributed by atoms with Gasteiger partial charge in [-0.05, 0) is 31.2 Å². The third-order valence-corrected chi connectivity index (χ3v) is 3.02. The van der Waals surface area contributed by atoms with E-state index in [1.807, 2.05) is 6.08 Å². The molecule has 0 saturated carbocycles. The summed E-state index contributed by atoms with van der Waals surface area (Å²) < 4.78 is 4.96. The Morgan fingerprint density at radius 1 is 1.32 bits per heavy atom. The number of rotatable bonds is 5. The summed E-state index contributed by atoms with van der Waals surface area (Å²) in [4.78, 5) is 34.5. The van der Waals surface area contributed by atoms with E-state index in [1.54, 1.807) is 0 Å². The molecule has 0 atom stereocenters. The van der Waals surface area contributed by atoms with E-state index in [0.29, 0.717) is 17.5 Å². The largest absolute Gasteiger partial charge is 0.426 e. The zero-order valence-corrected chi connectivity index (χ0v) is 10.5. The predicted molar refractivity (Wildman–Crippen MR) is 68.9 cm³/mol. The molecule has 1 aliphatic rings. The van der Waals surface area contributed by atoms with Crippen molar-refractivity contribution in [2.75, 3.05) is 0 Å². The van der Waals surface area contributed by atoms with Crippen LogP contribution in [0.2, 0.25) is 0 Å². The van der Waals surface area contributed by atoms with Gasteiger partial charge in [0.05, 0.1) is 12.0 Å². The minimum Gasteiger partial charge on any atom is -0.426 e. The van der Waals surface area contributed by atoms with E-state index >= 15 is 0 Å². The fourth-order valence-corrected chi connectivity index (χ4v) is 2.17. The van der Waals surface area contributed by atoms with Crippen LogP contribution in [0.3, 0.4) is 0 Å². The lowest BCUT2D eigenvalue weighted by molar-refractivity contribution is -0.120. The molecule has 0 aromatic carbocycles. The van der Waals surface area contributed by atoms with Crippen molar-refractivity contribution in [2.24, 2.45) is 0 Å². The molecule has 0 aliphatic carbocycles. The van der Waals surface area contributed by atoms with E-state index in [9.17, 15) is 14.4 Å². The highest BCUT2D eigenvalue weighted by molar-refractivity contribution is 6.09. The van der Waals surface area contributed by atoms with E-state index in [1.165, 1.54) is 6.07 Å². The summed E-state index contributed by atoms with van der Waals surface area (Å²) in [5.74, 6) is -0.738. The van der Waals surface area contributed by atoms with Crippen molar-refractivity contribution in [1.29, 1.82) is 0 Å². The number of carbonyl (C=O) groups is 2. The van der Waals surface area contributed by atoms with Crippen molar-refractivity contribution in [2.45, 2.75) is 32.1 Å². The quantitative estimate of drug-likeness (QED) is 0.493. The van der Waals surface area contributed by atoms with Gasteiger partial charge >= 0.3 is 5.63 Å². The fourth-order valence-electron chi connectivity index (χ4n) is 2.17. The molecular formula is C14H15NO4. The Morgan fingerprint density at radius 2 is 2.11 bits per heavy atom. The molecule has 1 aliphatic heterocycles. The van der Waals surface area contributed by atoms with Crippen molar-refractivity contribution in [3.05, 3.63) is 46.0 Å². The van der Waals surface area contributed by atoms with Gasteiger partial charge in [-0.1, -0.05) is 6.08 Å². The highest BCUT2D eigenvalue weighted by Gasteiger charge is 2.27. The zero-order valence-electron chi connectivity index (χ0n) is 10.5. The van der Waals surface area contributed by atoms with Crippen molar-refractivity contribution in [1.82, 2.24) is 5.32 Å². The van der Waals surface area contributed by atoms with Gasteiger partial charge in [0, 0.05) is 6.07 Å². The molecule has 0 bridgehead atoms. The van der Waals surface area contributed by atoms with Gasteiger partial charge in [-0.2, -0.15) is 0 Å². The normalized spacial score (nSPS) is 13.9. The minimum absolute atomic E-state index is 0.0587. The first-order chi connectivity index (χ1) is 9.11. The summed E-state index contributed by atoms with van der Waals surface area (Å²) in [6.45, 7) is 3.64. The summed E-state index contributed by atoms with van der Waals surface area (Å²) >= 11 is 0. The lowest BCUT2D eigenvalue weighted by atomic mass is 9.97. The Balaban J connectivity index is 2.28. The molecule has 5 heteroatoms. The van der Waals surface area contributed by atoms with Crippen LogP contribution in [-0.2, 0) is 17.6 Å². The number of amides is 2. The maximum atomic E-state index is 11.8. The standard InChI is InChI=1S/C14H15NO4/c1-2-3-4-5-6-9-7-12(17)19-10-8-11(16)15-14(18)13(9)10/h2,7H,1,3-6,8H2,(H,15,16,18). The van der Waals surface area contributed by atoms with Crippen LogP contribution in [0.4, 0.5) is 0 Å². The zero-order chi connectivity index (χ0) is 13.8. The molecule has 5 nitrogen and oxygen atoms in total. The molecule has 1 aromatic rings. The number of allylic oxidation sites excluding steroid dienone is 1. The number of carbonyl (C=O) groups excluding carboxylic acids is 2.